The quantitative estimate of drug-likeness (QED) is 0.193. The second-order valence-electron chi connectivity index (χ2n) is 15.3. The van der Waals surface area contributed by atoms with Crippen LogP contribution in [0.15, 0.2) is 42.5 Å². The fourth-order valence-corrected chi connectivity index (χ4v) is 7.47. The van der Waals surface area contributed by atoms with E-state index >= 15 is 0 Å². The molecule has 1 aliphatic rings. The van der Waals surface area contributed by atoms with Gasteiger partial charge in [-0.1, -0.05) is 97.9 Å². The molecule has 5 nitrogen and oxygen atoms in total. The van der Waals surface area contributed by atoms with Gasteiger partial charge in [0.1, 0.15) is 0 Å². The average molecular weight is 593 g/mol. The number of ether oxygens (including phenoxy) is 1. The van der Waals surface area contributed by atoms with Crippen LogP contribution in [0, 0.1) is 29.6 Å². The van der Waals surface area contributed by atoms with E-state index in [1.54, 1.807) is 12.2 Å². The smallest absolute Gasteiger partial charge is 0.191 e. The lowest BCUT2D eigenvalue weighted by Crippen LogP contribution is -2.47. The Hall–Kier alpha value is -0.806. The zero-order chi connectivity index (χ0) is 30.5. The number of aliphatic hydroxyl groups is 2. The highest BCUT2D eigenvalue weighted by Gasteiger charge is 2.45. The fraction of sp³-hybridized carbons (Fsp3) is 0.758. The Bertz CT molecular complexity index is 919. The maximum absolute atomic E-state index is 11.5. The maximum atomic E-state index is 11.5. The molecular formula is C33H60O5Si2. The van der Waals surface area contributed by atoms with Gasteiger partial charge in [0.15, 0.2) is 16.6 Å². The zero-order valence-corrected chi connectivity index (χ0v) is 29.5. The van der Waals surface area contributed by atoms with E-state index < -0.39 is 28.8 Å². The summed E-state index contributed by atoms with van der Waals surface area (Å²) in [7, 11) is -3.94. The lowest BCUT2D eigenvalue weighted by atomic mass is 9.69. The first-order valence-electron chi connectivity index (χ1n) is 15.2. The van der Waals surface area contributed by atoms with E-state index in [0.717, 1.165) is 5.56 Å². The molecule has 2 N–H and O–H groups in total. The Morgan fingerprint density at radius 3 is 1.73 bits per heavy atom. The minimum absolute atomic E-state index is 0.0196. The lowest BCUT2D eigenvalue weighted by molar-refractivity contribution is -0.0417. The first-order chi connectivity index (χ1) is 18.3. The van der Waals surface area contributed by atoms with Gasteiger partial charge in [0.2, 0.25) is 0 Å². The molecule has 2 rings (SSSR count). The van der Waals surface area contributed by atoms with Crippen molar-refractivity contribution in [2.24, 2.45) is 29.6 Å². The molecule has 1 aliphatic carbocycles. The van der Waals surface area contributed by atoms with E-state index in [4.69, 9.17) is 13.6 Å². The fourth-order valence-electron chi connectivity index (χ4n) is 5.30. The van der Waals surface area contributed by atoms with Gasteiger partial charge in [-0.2, -0.15) is 0 Å². The van der Waals surface area contributed by atoms with Crippen LogP contribution in [0.4, 0.5) is 0 Å². The Kier molecular flexibility index (Phi) is 12.5. The van der Waals surface area contributed by atoms with Crippen LogP contribution in [-0.2, 0) is 20.2 Å². The molecule has 0 amide bonds. The number of aliphatic hydroxyl groups excluding tert-OH is 2. The van der Waals surface area contributed by atoms with Crippen molar-refractivity contribution in [2.75, 3.05) is 19.8 Å². The molecule has 1 aromatic rings. The molecule has 0 aromatic heterocycles. The van der Waals surface area contributed by atoms with Crippen molar-refractivity contribution in [3.05, 3.63) is 48.0 Å². The third kappa shape index (κ3) is 9.35. The van der Waals surface area contributed by atoms with Gasteiger partial charge in [0.25, 0.3) is 0 Å². The predicted molar refractivity (Wildman–Crippen MR) is 172 cm³/mol. The van der Waals surface area contributed by atoms with Gasteiger partial charge in [-0.05, 0) is 65.5 Å². The molecule has 230 valence electrons. The molecule has 0 saturated carbocycles. The monoisotopic (exact) mass is 592 g/mol. The van der Waals surface area contributed by atoms with E-state index in [-0.39, 0.29) is 39.7 Å². The van der Waals surface area contributed by atoms with Gasteiger partial charge in [0.05, 0.1) is 25.4 Å². The summed E-state index contributed by atoms with van der Waals surface area (Å²) >= 11 is 0. The predicted octanol–water partition coefficient (Wildman–Crippen LogP) is 7.66. The molecule has 0 radical (unpaired) electrons. The summed E-state index contributed by atoms with van der Waals surface area (Å²) in [5.74, 6) is -0.0224. The molecule has 0 bridgehead atoms. The third-order valence-electron chi connectivity index (χ3n) is 10.1. The molecule has 0 saturated heterocycles. The van der Waals surface area contributed by atoms with Crippen LogP contribution in [0.3, 0.4) is 0 Å². The molecule has 0 unspecified atom stereocenters. The van der Waals surface area contributed by atoms with Crippen LogP contribution in [0.5, 0.6) is 0 Å². The molecule has 0 spiro atoms. The molecule has 0 fully saturated rings. The first-order valence-corrected chi connectivity index (χ1v) is 21.0. The van der Waals surface area contributed by atoms with E-state index in [0.29, 0.717) is 26.4 Å². The molecule has 1 aromatic carbocycles. The van der Waals surface area contributed by atoms with Crippen molar-refractivity contribution in [3.63, 3.8) is 0 Å². The summed E-state index contributed by atoms with van der Waals surface area (Å²) in [6.45, 7) is 29.1. The van der Waals surface area contributed by atoms with Crippen molar-refractivity contribution in [1.82, 2.24) is 0 Å². The van der Waals surface area contributed by atoms with Gasteiger partial charge in [-0.25, -0.2) is 0 Å². The minimum Gasteiger partial charge on any atom is -0.417 e. The van der Waals surface area contributed by atoms with Crippen molar-refractivity contribution in [3.8, 4) is 0 Å². The van der Waals surface area contributed by atoms with E-state index in [1.807, 2.05) is 18.2 Å². The van der Waals surface area contributed by atoms with E-state index in [9.17, 15) is 10.2 Å². The topological polar surface area (TPSA) is 68.2 Å². The minimum atomic E-state index is -2.01. The molecule has 7 atom stereocenters. The number of benzene rings is 1. The molecular weight excluding hydrogens is 533 g/mol. The summed E-state index contributed by atoms with van der Waals surface area (Å²) < 4.78 is 19.6. The standard InChI is InChI=1S/C33H60O5Si2/c1-24(20-37-39(9,10)32(3,4)5)30-25(2)31(29(35)19-18-28(30)34)27(23-38-40(11,12)33(6,7)8)22-36-21-26-16-14-13-15-17-26/h13-19,24-25,27-31,34-35H,20-23H2,1-12H3/t24-,25-,27-,28-,29+,30-,31-/m1/s1. The van der Waals surface area contributed by atoms with Crippen LogP contribution in [0.1, 0.15) is 61.0 Å². The molecule has 7 heteroatoms. The summed E-state index contributed by atoms with van der Waals surface area (Å²) in [4.78, 5) is 0. The van der Waals surface area contributed by atoms with Gasteiger partial charge >= 0.3 is 0 Å². The lowest BCUT2D eigenvalue weighted by Gasteiger charge is -2.43. The molecule has 0 heterocycles. The highest BCUT2D eigenvalue weighted by Crippen LogP contribution is 2.43. The summed E-state index contributed by atoms with van der Waals surface area (Å²) in [6, 6.07) is 10.2. The van der Waals surface area contributed by atoms with Gasteiger partial charge < -0.3 is 23.8 Å². The van der Waals surface area contributed by atoms with Crippen LogP contribution in [0.2, 0.25) is 36.3 Å². The van der Waals surface area contributed by atoms with Crippen LogP contribution in [0.25, 0.3) is 0 Å². The van der Waals surface area contributed by atoms with Crippen molar-refractivity contribution in [2.45, 2.75) is 110 Å². The zero-order valence-electron chi connectivity index (χ0n) is 27.5. The van der Waals surface area contributed by atoms with Gasteiger partial charge in [-0.15, -0.1) is 0 Å². The molecule has 0 aliphatic heterocycles. The largest absolute Gasteiger partial charge is 0.417 e. The van der Waals surface area contributed by atoms with Crippen LogP contribution < -0.4 is 0 Å². The van der Waals surface area contributed by atoms with Crippen molar-refractivity contribution in [1.29, 1.82) is 0 Å². The first kappa shape index (κ1) is 35.4. The van der Waals surface area contributed by atoms with Gasteiger partial charge in [-0.3, -0.25) is 0 Å². The van der Waals surface area contributed by atoms with Crippen LogP contribution in [-0.4, -0.2) is 58.9 Å². The Morgan fingerprint density at radius 2 is 1.23 bits per heavy atom. The average Bonchev–Trinajstić information content (AvgIpc) is 2.94. The normalized spacial score (nSPS) is 26.4. The van der Waals surface area contributed by atoms with Crippen LogP contribution >= 0.6 is 0 Å². The Morgan fingerprint density at radius 1 is 0.750 bits per heavy atom. The third-order valence-corrected chi connectivity index (χ3v) is 19.1. The summed E-state index contributed by atoms with van der Waals surface area (Å²) in [5, 5.41) is 23.0. The highest BCUT2D eigenvalue weighted by atomic mass is 28.4. The SMILES string of the molecule is C[C@@H]1[C@@H]([C@H](C)CO[Si](C)(C)C(C)(C)C)[C@H](O)C=C[C@H](O)[C@H]1[C@H](COCc1ccccc1)CO[Si](C)(C)C(C)(C)C. The van der Waals surface area contributed by atoms with Crippen molar-refractivity contribution >= 4 is 16.6 Å². The maximum Gasteiger partial charge on any atom is 0.191 e. The second-order valence-corrected chi connectivity index (χ2v) is 24.9. The van der Waals surface area contributed by atoms with E-state index in [2.05, 4.69) is 93.7 Å². The number of hydrogen-bond donors (Lipinski definition) is 2. The van der Waals surface area contributed by atoms with Crippen molar-refractivity contribution < 1.29 is 23.8 Å². The summed E-state index contributed by atoms with van der Waals surface area (Å²) in [6.07, 6.45) is 2.27. The van der Waals surface area contributed by atoms with E-state index in [1.165, 1.54) is 0 Å². The Balaban J connectivity index is 2.31. The molecule has 40 heavy (non-hydrogen) atoms. The number of hydrogen-bond acceptors (Lipinski definition) is 5. The second kappa shape index (κ2) is 14.1. The van der Waals surface area contributed by atoms with Gasteiger partial charge in [0, 0.05) is 19.1 Å². The number of rotatable bonds is 12. The highest BCUT2D eigenvalue weighted by molar-refractivity contribution is 6.74. The summed E-state index contributed by atoms with van der Waals surface area (Å²) in [5.41, 5.74) is 1.13. The Labute approximate surface area is 248 Å².